The molecule has 5 heteroatoms. The van der Waals surface area contributed by atoms with Gasteiger partial charge in [-0.05, 0) is 6.92 Å². The highest BCUT2D eigenvalue weighted by atomic mass is 16.6. The molecule has 1 fully saturated rings. The van der Waals surface area contributed by atoms with Gasteiger partial charge in [0.15, 0.2) is 6.23 Å². The third kappa shape index (κ3) is 1.55. The molecule has 1 saturated heterocycles. The van der Waals surface area contributed by atoms with Crippen LogP contribution in [-0.2, 0) is 14.3 Å². The molecule has 0 aromatic heterocycles. The molecule has 12 heavy (non-hydrogen) atoms. The van der Waals surface area contributed by atoms with Crippen molar-refractivity contribution in [2.75, 3.05) is 0 Å². The van der Waals surface area contributed by atoms with Crippen molar-refractivity contribution in [2.24, 2.45) is 5.92 Å². The van der Waals surface area contributed by atoms with E-state index in [9.17, 15) is 9.59 Å². The van der Waals surface area contributed by atoms with E-state index in [2.05, 4.69) is 5.32 Å². The van der Waals surface area contributed by atoms with Crippen LogP contribution >= 0.6 is 0 Å². The molecule has 0 aromatic carbocycles. The van der Waals surface area contributed by atoms with E-state index in [1.807, 2.05) is 0 Å². The van der Waals surface area contributed by atoms with E-state index in [1.54, 1.807) is 0 Å². The van der Waals surface area contributed by atoms with E-state index < -0.39 is 24.2 Å². The first-order valence-electron chi connectivity index (χ1n) is 3.68. The smallest absolute Gasteiger partial charge is 0.304 e. The number of rotatable bonds is 2. The minimum Gasteiger partial charge on any atom is -0.441 e. The molecular formula is C7H11NO4. The van der Waals surface area contributed by atoms with Crippen LogP contribution in [0.15, 0.2) is 0 Å². The fourth-order valence-electron chi connectivity index (χ4n) is 1.12. The van der Waals surface area contributed by atoms with Gasteiger partial charge in [0.1, 0.15) is 5.92 Å². The average Bonchev–Trinajstić information content (AvgIpc) is 1.82. The van der Waals surface area contributed by atoms with Crippen molar-refractivity contribution in [1.82, 2.24) is 5.32 Å². The van der Waals surface area contributed by atoms with Gasteiger partial charge in [-0.15, -0.1) is 0 Å². The lowest BCUT2D eigenvalue weighted by Gasteiger charge is -2.36. The summed E-state index contributed by atoms with van der Waals surface area (Å²) in [7, 11) is 0. The standard InChI is InChI=1S/C7H11NO4/c1-3(9)5-6(11)8-7(5)12-4(2)10/h3,5,7,9H,1-2H3,(H,8,11)/t3?,5-,7+/m1/s1. The van der Waals surface area contributed by atoms with Crippen molar-refractivity contribution in [1.29, 1.82) is 0 Å². The second kappa shape index (κ2) is 3.10. The van der Waals surface area contributed by atoms with Crippen molar-refractivity contribution in [2.45, 2.75) is 26.2 Å². The molecule has 68 valence electrons. The summed E-state index contributed by atoms with van der Waals surface area (Å²) in [6.45, 7) is 2.74. The first kappa shape index (κ1) is 8.99. The van der Waals surface area contributed by atoms with Crippen LogP contribution in [0.4, 0.5) is 0 Å². The normalized spacial score (nSPS) is 30.1. The molecule has 0 aromatic rings. The summed E-state index contributed by atoms with van der Waals surface area (Å²) >= 11 is 0. The highest BCUT2D eigenvalue weighted by molar-refractivity contribution is 5.86. The molecule has 1 aliphatic rings. The minimum absolute atomic E-state index is 0.281. The number of esters is 1. The molecule has 1 aliphatic heterocycles. The number of carbonyl (C=O) groups excluding carboxylic acids is 2. The van der Waals surface area contributed by atoms with Crippen LogP contribution < -0.4 is 5.32 Å². The van der Waals surface area contributed by atoms with Gasteiger partial charge < -0.3 is 15.2 Å². The molecule has 3 atom stereocenters. The van der Waals surface area contributed by atoms with Gasteiger partial charge in [0.05, 0.1) is 6.10 Å². The van der Waals surface area contributed by atoms with Crippen molar-refractivity contribution in [3.05, 3.63) is 0 Å². The summed E-state index contributed by atoms with van der Waals surface area (Å²) in [6, 6.07) is 0. The molecule has 0 saturated carbocycles. The largest absolute Gasteiger partial charge is 0.441 e. The van der Waals surface area contributed by atoms with Crippen LogP contribution in [0.1, 0.15) is 13.8 Å². The number of β-lactam (4-membered cyclic amide) rings is 1. The molecule has 5 nitrogen and oxygen atoms in total. The van der Waals surface area contributed by atoms with E-state index in [-0.39, 0.29) is 5.91 Å². The Bertz CT molecular complexity index is 213. The van der Waals surface area contributed by atoms with Gasteiger partial charge in [0.25, 0.3) is 0 Å². The zero-order valence-electron chi connectivity index (χ0n) is 6.90. The average molecular weight is 173 g/mol. The Kier molecular flexibility index (Phi) is 2.32. The molecule has 1 rings (SSSR count). The summed E-state index contributed by atoms with van der Waals surface area (Å²) in [6.07, 6.45) is -1.45. The summed E-state index contributed by atoms with van der Waals surface area (Å²) < 4.78 is 4.70. The summed E-state index contributed by atoms with van der Waals surface area (Å²) in [5.41, 5.74) is 0. The first-order valence-corrected chi connectivity index (χ1v) is 3.68. The number of aliphatic hydroxyl groups is 1. The van der Waals surface area contributed by atoms with Crippen molar-refractivity contribution in [3.63, 3.8) is 0 Å². The van der Waals surface area contributed by atoms with Gasteiger partial charge in [-0.2, -0.15) is 0 Å². The number of nitrogens with one attached hydrogen (secondary N) is 1. The van der Waals surface area contributed by atoms with E-state index in [4.69, 9.17) is 9.84 Å². The fraction of sp³-hybridized carbons (Fsp3) is 0.714. The Balaban J connectivity index is 2.48. The zero-order chi connectivity index (χ0) is 9.30. The fourth-order valence-corrected chi connectivity index (χ4v) is 1.12. The number of aliphatic hydroxyl groups excluding tert-OH is 1. The van der Waals surface area contributed by atoms with Crippen molar-refractivity contribution >= 4 is 11.9 Å². The highest BCUT2D eigenvalue weighted by Crippen LogP contribution is 2.19. The lowest BCUT2D eigenvalue weighted by molar-refractivity contribution is -0.173. The number of hydrogen-bond acceptors (Lipinski definition) is 4. The molecule has 0 aliphatic carbocycles. The predicted octanol–water partition coefficient (Wildman–Crippen LogP) is -0.998. The third-order valence-electron chi connectivity index (χ3n) is 1.73. The van der Waals surface area contributed by atoms with Crippen LogP contribution in [-0.4, -0.2) is 29.3 Å². The van der Waals surface area contributed by atoms with Crippen molar-refractivity contribution < 1.29 is 19.4 Å². The molecule has 2 N–H and O–H groups in total. The lowest BCUT2D eigenvalue weighted by Crippen LogP contribution is -2.63. The van der Waals surface area contributed by atoms with Crippen LogP contribution in [0, 0.1) is 5.92 Å². The first-order chi connectivity index (χ1) is 5.52. The zero-order valence-corrected chi connectivity index (χ0v) is 6.90. The van der Waals surface area contributed by atoms with Gasteiger partial charge in [0, 0.05) is 6.92 Å². The van der Waals surface area contributed by atoms with Gasteiger partial charge >= 0.3 is 5.97 Å². The maximum atomic E-state index is 10.8. The molecule has 0 bridgehead atoms. The Morgan fingerprint density at radius 3 is 2.67 bits per heavy atom. The monoisotopic (exact) mass is 173 g/mol. The predicted molar refractivity (Wildman–Crippen MR) is 38.9 cm³/mol. The molecule has 1 amide bonds. The quantitative estimate of drug-likeness (QED) is 0.415. The lowest BCUT2D eigenvalue weighted by atomic mass is 9.94. The van der Waals surface area contributed by atoms with Gasteiger partial charge in [0.2, 0.25) is 5.91 Å². The molecule has 1 unspecified atom stereocenters. The maximum Gasteiger partial charge on any atom is 0.304 e. The minimum atomic E-state index is -0.789. The van der Waals surface area contributed by atoms with Crippen LogP contribution in [0.5, 0.6) is 0 Å². The van der Waals surface area contributed by atoms with Gasteiger partial charge in [-0.1, -0.05) is 0 Å². The van der Waals surface area contributed by atoms with Crippen LogP contribution in [0.3, 0.4) is 0 Å². The second-order valence-electron chi connectivity index (χ2n) is 2.81. The molecule has 0 radical (unpaired) electrons. The number of ether oxygens (including phenoxy) is 1. The Labute approximate surface area is 69.7 Å². The molecule has 0 spiro atoms. The number of carbonyl (C=O) groups is 2. The van der Waals surface area contributed by atoms with E-state index in [0.29, 0.717) is 0 Å². The van der Waals surface area contributed by atoms with E-state index in [0.717, 1.165) is 0 Å². The Morgan fingerprint density at radius 1 is 1.75 bits per heavy atom. The Morgan fingerprint density at radius 2 is 2.33 bits per heavy atom. The Hall–Kier alpha value is -1.10. The van der Waals surface area contributed by atoms with E-state index in [1.165, 1.54) is 13.8 Å². The SMILES string of the molecule is CC(=O)O[C@@H]1NC(=O)[C@H]1C(C)O. The second-order valence-corrected chi connectivity index (χ2v) is 2.81. The van der Waals surface area contributed by atoms with Crippen LogP contribution in [0.25, 0.3) is 0 Å². The third-order valence-corrected chi connectivity index (χ3v) is 1.73. The maximum absolute atomic E-state index is 10.8. The topological polar surface area (TPSA) is 75.6 Å². The van der Waals surface area contributed by atoms with E-state index >= 15 is 0 Å². The molecule has 1 heterocycles. The summed E-state index contributed by atoms with van der Waals surface area (Å²) in [5, 5.41) is 11.4. The molecular weight excluding hydrogens is 162 g/mol. The number of amides is 1. The van der Waals surface area contributed by atoms with Crippen LogP contribution in [0.2, 0.25) is 0 Å². The van der Waals surface area contributed by atoms with Gasteiger partial charge in [-0.25, -0.2) is 0 Å². The summed E-state index contributed by atoms with van der Waals surface area (Å²) in [5.74, 6) is -1.36. The summed E-state index contributed by atoms with van der Waals surface area (Å²) in [4.78, 5) is 21.3. The van der Waals surface area contributed by atoms with Crippen molar-refractivity contribution in [3.8, 4) is 0 Å². The highest BCUT2D eigenvalue weighted by Gasteiger charge is 2.44. The van der Waals surface area contributed by atoms with Gasteiger partial charge in [-0.3, -0.25) is 9.59 Å². The number of hydrogen-bond donors (Lipinski definition) is 2.